The molecule has 1 saturated heterocycles. The van der Waals surface area contributed by atoms with E-state index in [0.29, 0.717) is 33.6 Å². The largest absolute Gasteiger partial charge is 0.469 e. The third-order valence-corrected chi connectivity index (χ3v) is 5.08. The highest BCUT2D eigenvalue weighted by Crippen LogP contribution is 2.37. The van der Waals surface area contributed by atoms with E-state index >= 15 is 0 Å². The molecular weight excluding hydrogens is 319 g/mol. The average molecular weight is 333 g/mol. The minimum Gasteiger partial charge on any atom is -0.469 e. The van der Waals surface area contributed by atoms with Gasteiger partial charge in [-0.2, -0.15) is 4.39 Å². The lowest BCUT2D eigenvalue weighted by molar-refractivity contribution is -0.143. The zero-order valence-electron chi connectivity index (χ0n) is 10.2. The number of esters is 1. The lowest BCUT2D eigenvalue weighted by Gasteiger charge is -2.22. The minimum atomic E-state index is -0.531. The molecule has 1 aliphatic rings. The van der Waals surface area contributed by atoms with Crippen molar-refractivity contribution in [2.24, 2.45) is 0 Å². The summed E-state index contributed by atoms with van der Waals surface area (Å²) < 4.78 is 18.6. The number of hydrogen-bond acceptors (Lipinski definition) is 4. The van der Waals surface area contributed by atoms with Crippen molar-refractivity contribution in [3.8, 4) is 0 Å². The van der Waals surface area contributed by atoms with Crippen LogP contribution in [0.15, 0.2) is 16.6 Å². The van der Waals surface area contributed by atoms with E-state index in [9.17, 15) is 9.18 Å². The number of ether oxygens (including phenoxy) is 1. The first-order valence-electron chi connectivity index (χ1n) is 5.62. The van der Waals surface area contributed by atoms with E-state index in [-0.39, 0.29) is 5.97 Å². The molecule has 1 atom stereocenters. The standard InChI is InChI=1S/C11H14BrFN2O2Si/c1-17-10(16)11(18)4-5-15(6-11)8-3-2-7(12)9(13)14-8/h2-3H,4-6H2,1,18H3/t11-/m1/s1. The number of carbonyl (C=O) groups excluding carboxylic acids is 1. The van der Waals surface area contributed by atoms with Crippen molar-refractivity contribution in [2.75, 3.05) is 25.1 Å². The number of pyridine rings is 1. The van der Waals surface area contributed by atoms with Crippen LogP contribution in [0.4, 0.5) is 10.2 Å². The van der Waals surface area contributed by atoms with Gasteiger partial charge in [0.2, 0.25) is 5.95 Å². The summed E-state index contributed by atoms with van der Waals surface area (Å²) in [6.45, 7) is 1.26. The Hall–Kier alpha value is -0.953. The SMILES string of the molecule is COC(=O)[C@@]1([SiH3])CCN(c2ccc(Br)c(F)n2)C1. The molecule has 0 amide bonds. The van der Waals surface area contributed by atoms with Gasteiger partial charge in [0.25, 0.3) is 0 Å². The van der Waals surface area contributed by atoms with Crippen molar-refractivity contribution in [1.29, 1.82) is 0 Å². The van der Waals surface area contributed by atoms with Crippen molar-refractivity contribution in [3.05, 3.63) is 22.6 Å². The fourth-order valence-corrected chi connectivity index (χ4v) is 3.18. The second kappa shape index (κ2) is 4.97. The molecule has 0 N–H and O–H groups in total. The predicted octanol–water partition coefficient (Wildman–Crippen LogP) is 0.890. The molecule has 98 valence electrons. The molecule has 7 heteroatoms. The number of carbonyl (C=O) groups is 1. The van der Waals surface area contributed by atoms with Gasteiger partial charge >= 0.3 is 5.97 Å². The fraction of sp³-hybridized carbons (Fsp3) is 0.455. The maximum Gasteiger partial charge on any atom is 0.309 e. The normalized spacial score (nSPS) is 23.4. The molecule has 1 aliphatic heterocycles. The Morgan fingerprint density at radius 2 is 2.39 bits per heavy atom. The average Bonchev–Trinajstić information content (AvgIpc) is 2.76. The summed E-state index contributed by atoms with van der Waals surface area (Å²) in [5.74, 6) is -0.136. The first-order valence-corrected chi connectivity index (χ1v) is 7.41. The zero-order chi connectivity index (χ0) is 13.3. The van der Waals surface area contributed by atoms with Gasteiger partial charge in [0.15, 0.2) is 0 Å². The van der Waals surface area contributed by atoms with E-state index in [4.69, 9.17) is 4.74 Å². The maximum absolute atomic E-state index is 13.4. The van der Waals surface area contributed by atoms with Crippen LogP contribution in [0.25, 0.3) is 0 Å². The van der Waals surface area contributed by atoms with E-state index in [1.54, 1.807) is 12.1 Å². The number of nitrogens with zero attached hydrogens (tertiary/aromatic N) is 2. The van der Waals surface area contributed by atoms with Gasteiger partial charge in [0, 0.05) is 23.3 Å². The van der Waals surface area contributed by atoms with Crippen molar-refractivity contribution in [2.45, 2.75) is 11.5 Å². The van der Waals surface area contributed by atoms with Crippen molar-refractivity contribution in [3.63, 3.8) is 0 Å². The lowest BCUT2D eigenvalue weighted by atomic mass is 10.1. The predicted molar refractivity (Wildman–Crippen MR) is 73.4 cm³/mol. The third-order valence-electron chi connectivity index (χ3n) is 3.26. The highest BCUT2D eigenvalue weighted by molar-refractivity contribution is 9.10. The number of methoxy groups -OCH3 is 1. The van der Waals surface area contributed by atoms with Gasteiger partial charge in [0.05, 0.1) is 16.6 Å². The molecule has 0 aromatic carbocycles. The number of aromatic nitrogens is 1. The van der Waals surface area contributed by atoms with Gasteiger partial charge in [0.1, 0.15) is 5.82 Å². The molecule has 1 fully saturated rings. The Morgan fingerprint density at radius 3 is 3.00 bits per heavy atom. The lowest BCUT2D eigenvalue weighted by Crippen LogP contribution is -2.30. The van der Waals surface area contributed by atoms with Gasteiger partial charge in [-0.3, -0.25) is 4.79 Å². The van der Waals surface area contributed by atoms with Crippen molar-refractivity contribution in [1.82, 2.24) is 4.98 Å². The summed E-state index contributed by atoms with van der Waals surface area (Å²) in [6, 6.07) is 3.38. The number of hydrogen-bond donors (Lipinski definition) is 0. The Bertz CT molecular complexity index is 488. The molecule has 1 aromatic rings. The molecular formula is C11H14BrFN2O2Si. The number of rotatable bonds is 2. The Kier molecular flexibility index (Phi) is 3.72. The Labute approximate surface area is 116 Å². The minimum absolute atomic E-state index is 0.172. The summed E-state index contributed by atoms with van der Waals surface area (Å²) >= 11 is 3.07. The van der Waals surface area contributed by atoms with Crippen LogP contribution in [-0.2, 0) is 9.53 Å². The molecule has 0 bridgehead atoms. The number of anilines is 1. The number of halogens is 2. The topological polar surface area (TPSA) is 42.4 Å². The molecule has 0 spiro atoms. The Morgan fingerprint density at radius 1 is 1.67 bits per heavy atom. The van der Waals surface area contributed by atoms with E-state index < -0.39 is 11.0 Å². The molecule has 0 aliphatic carbocycles. The summed E-state index contributed by atoms with van der Waals surface area (Å²) in [5.41, 5.74) is 0. The summed E-state index contributed by atoms with van der Waals surface area (Å²) in [4.78, 5) is 17.5. The first kappa shape index (κ1) is 13.5. The van der Waals surface area contributed by atoms with Crippen LogP contribution in [0.3, 0.4) is 0 Å². The van der Waals surface area contributed by atoms with Gasteiger partial charge in [-0.25, -0.2) is 4.98 Å². The van der Waals surface area contributed by atoms with Gasteiger partial charge in [-0.05, 0) is 34.5 Å². The summed E-state index contributed by atoms with van der Waals surface area (Å²) in [6.07, 6.45) is 0.741. The highest BCUT2D eigenvalue weighted by Gasteiger charge is 2.41. The fourth-order valence-electron chi connectivity index (χ4n) is 2.15. The molecule has 1 aromatic heterocycles. The van der Waals surface area contributed by atoms with E-state index in [0.717, 1.165) is 6.42 Å². The first-order chi connectivity index (χ1) is 8.46. The highest BCUT2D eigenvalue weighted by atomic mass is 79.9. The van der Waals surface area contributed by atoms with Crippen LogP contribution < -0.4 is 4.90 Å². The van der Waals surface area contributed by atoms with Crippen LogP contribution in [0.5, 0.6) is 0 Å². The van der Waals surface area contributed by atoms with E-state index in [1.165, 1.54) is 7.11 Å². The quantitative estimate of drug-likeness (QED) is 0.458. The van der Waals surface area contributed by atoms with E-state index in [1.807, 2.05) is 4.90 Å². The van der Waals surface area contributed by atoms with Gasteiger partial charge in [-0.15, -0.1) is 0 Å². The second-order valence-electron chi connectivity index (χ2n) is 4.67. The van der Waals surface area contributed by atoms with Crippen molar-refractivity contribution < 1.29 is 13.9 Å². The molecule has 4 nitrogen and oxygen atoms in total. The summed E-state index contributed by atoms with van der Waals surface area (Å²) in [5, 5.41) is -0.403. The maximum atomic E-state index is 13.4. The van der Waals surface area contributed by atoms with Crippen LogP contribution in [0, 0.1) is 5.95 Å². The van der Waals surface area contributed by atoms with Gasteiger partial charge < -0.3 is 9.64 Å². The third kappa shape index (κ3) is 2.42. The van der Waals surface area contributed by atoms with Crippen LogP contribution >= 0.6 is 15.9 Å². The molecule has 18 heavy (non-hydrogen) atoms. The molecule has 0 saturated carbocycles. The monoisotopic (exact) mass is 332 g/mol. The van der Waals surface area contributed by atoms with Crippen molar-refractivity contribution >= 4 is 38.0 Å². The molecule has 0 radical (unpaired) electrons. The van der Waals surface area contributed by atoms with Crippen LogP contribution in [0.2, 0.25) is 5.04 Å². The second-order valence-corrected chi connectivity index (χ2v) is 7.43. The summed E-state index contributed by atoms with van der Waals surface area (Å²) in [7, 11) is 2.12. The Balaban J connectivity index is 2.18. The molecule has 0 unspecified atom stereocenters. The molecule has 2 rings (SSSR count). The van der Waals surface area contributed by atoms with Crippen LogP contribution in [0.1, 0.15) is 6.42 Å². The van der Waals surface area contributed by atoms with Crippen LogP contribution in [-0.4, -0.2) is 41.4 Å². The van der Waals surface area contributed by atoms with Gasteiger partial charge in [-0.1, -0.05) is 0 Å². The smallest absolute Gasteiger partial charge is 0.309 e. The van der Waals surface area contributed by atoms with E-state index in [2.05, 4.69) is 20.9 Å². The zero-order valence-corrected chi connectivity index (χ0v) is 13.8. The molecule has 2 heterocycles.